The number of carbonyl (C=O) groups is 2. The van der Waals surface area contributed by atoms with Crippen LogP contribution in [-0.2, 0) is 16.1 Å². The SMILES string of the molecule is Cc1ncc(COc2ccc3oc(C)c(C(=O)NC(COC(F)F)C(N)=O)c3c2)s1. The Morgan fingerprint density at radius 3 is 2.73 bits per heavy atom. The summed E-state index contributed by atoms with van der Waals surface area (Å²) in [6.45, 7) is -0.0715. The van der Waals surface area contributed by atoms with Crippen molar-refractivity contribution in [1.29, 1.82) is 0 Å². The van der Waals surface area contributed by atoms with Gasteiger partial charge >= 0.3 is 6.61 Å². The Morgan fingerprint density at radius 2 is 2.10 bits per heavy atom. The van der Waals surface area contributed by atoms with Crippen molar-refractivity contribution in [3.05, 3.63) is 45.6 Å². The summed E-state index contributed by atoms with van der Waals surface area (Å²) in [5.74, 6) is -0.923. The number of thiazole rings is 1. The number of carbonyl (C=O) groups excluding carboxylic acids is 2. The molecule has 1 unspecified atom stereocenters. The Balaban J connectivity index is 1.80. The fraction of sp³-hybridized carbons (Fsp3) is 0.316. The van der Waals surface area contributed by atoms with E-state index < -0.39 is 31.1 Å². The second kappa shape index (κ2) is 9.18. The van der Waals surface area contributed by atoms with Crippen LogP contribution in [0, 0.1) is 13.8 Å². The van der Waals surface area contributed by atoms with E-state index in [0.29, 0.717) is 23.3 Å². The van der Waals surface area contributed by atoms with Crippen molar-refractivity contribution in [2.45, 2.75) is 33.1 Å². The van der Waals surface area contributed by atoms with Crippen LogP contribution in [0.2, 0.25) is 0 Å². The van der Waals surface area contributed by atoms with Crippen LogP contribution in [0.25, 0.3) is 11.0 Å². The molecule has 0 radical (unpaired) electrons. The second-order valence-corrected chi connectivity index (χ2v) is 7.67. The van der Waals surface area contributed by atoms with Gasteiger partial charge in [0.15, 0.2) is 0 Å². The molecule has 0 aliphatic carbocycles. The number of aromatic nitrogens is 1. The number of amides is 2. The summed E-state index contributed by atoms with van der Waals surface area (Å²) >= 11 is 1.51. The van der Waals surface area contributed by atoms with E-state index in [1.807, 2.05) is 6.92 Å². The van der Waals surface area contributed by atoms with Gasteiger partial charge in [-0.15, -0.1) is 11.3 Å². The quantitative estimate of drug-likeness (QED) is 0.530. The molecule has 2 aromatic heterocycles. The first-order chi connectivity index (χ1) is 14.2. The van der Waals surface area contributed by atoms with E-state index in [1.165, 1.54) is 11.3 Å². The fourth-order valence-corrected chi connectivity index (χ4v) is 3.50. The molecular formula is C19H19F2N3O5S. The lowest BCUT2D eigenvalue weighted by Gasteiger charge is -2.15. The van der Waals surface area contributed by atoms with Gasteiger partial charge in [-0.25, -0.2) is 4.98 Å². The number of primary amides is 1. The van der Waals surface area contributed by atoms with Gasteiger partial charge in [0.25, 0.3) is 5.91 Å². The van der Waals surface area contributed by atoms with Gasteiger partial charge in [0.2, 0.25) is 5.91 Å². The highest BCUT2D eigenvalue weighted by atomic mass is 32.1. The highest BCUT2D eigenvalue weighted by Crippen LogP contribution is 2.30. The molecular weight excluding hydrogens is 420 g/mol. The average Bonchev–Trinajstić information content (AvgIpc) is 3.24. The molecule has 3 aromatic rings. The van der Waals surface area contributed by atoms with Gasteiger partial charge in [-0.2, -0.15) is 8.78 Å². The minimum Gasteiger partial charge on any atom is -0.488 e. The van der Waals surface area contributed by atoms with E-state index in [0.717, 1.165) is 9.88 Å². The molecule has 0 aliphatic heterocycles. The van der Waals surface area contributed by atoms with Crippen LogP contribution in [0.4, 0.5) is 8.78 Å². The number of aryl methyl sites for hydroxylation is 2. The zero-order chi connectivity index (χ0) is 21.8. The molecule has 8 nitrogen and oxygen atoms in total. The smallest absolute Gasteiger partial charge is 0.345 e. The zero-order valence-corrected chi connectivity index (χ0v) is 16.9. The highest BCUT2D eigenvalue weighted by Gasteiger charge is 2.25. The topological polar surface area (TPSA) is 117 Å². The first kappa shape index (κ1) is 21.7. The number of furan rings is 1. The number of rotatable bonds is 9. The van der Waals surface area contributed by atoms with Crippen LogP contribution in [0.15, 0.2) is 28.8 Å². The van der Waals surface area contributed by atoms with E-state index in [2.05, 4.69) is 15.0 Å². The van der Waals surface area contributed by atoms with E-state index in [1.54, 1.807) is 31.3 Å². The number of nitrogens with zero attached hydrogens (tertiary/aromatic N) is 1. The molecule has 0 bridgehead atoms. The Bertz CT molecular complexity index is 1070. The predicted molar refractivity (Wildman–Crippen MR) is 105 cm³/mol. The summed E-state index contributed by atoms with van der Waals surface area (Å²) in [6.07, 6.45) is 1.73. The first-order valence-corrected chi connectivity index (χ1v) is 9.63. The first-order valence-electron chi connectivity index (χ1n) is 8.81. The predicted octanol–water partition coefficient (Wildman–Crippen LogP) is 2.91. The monoisotopic (exact) mass is 439 g/mol. The summed E-state index contributed by atoms with van der Waals surface area (Å²) in [5.41, 5.74) is 5.74. The van der Waals surface area contributed by atoms with E-state index in [9.17, 15) is 18.4 Å². The maximum Gasteiger partial charge on any atom is 0.345 e. The number of hydrogen-bond acceptors (Lipinski definition) is 7. The van der Waals surface area contributed by atoms with Crippen molar-refractivity contribution in [1.82, 2.24) is 10.3 Å². The molecule has 0 aliphatic rings. The Kier molecular flexibility index (Phi) is 6.63. The minimum atomic E-state index is -3.10. The Labute approximate surface area is 174 Å². The number of hydrogen-bond donors (Lipinski definition) is 2. The molecule has 3 N–H and O–H groups in total. The van der Waals surface area contributed by atoms with Crippen LogP contribution in [0.1, 0.15) is 26.0 Å². The number of benzene rings is 1. The molecule has 30 heavy (non-hydrogen) atoms. The van der Waals surface area contributed by atoms with Gasteiger partial charge in [0, 0.05) is 11.6 Å². The molecule has 1 aromatic carbocycles. The third-order valence-corrected chi connectivity index (χ3v) is 5.04. The average molecular weight is 439 g/mol. The summed E-state index contributed by atoms with van der Waals surface area (Å²) in [5, 5.41) is 3.68. The molecule has 0 fully saturated rings. The number of nitrogens with one attached hydrogen (secondary N) is 1. The molecule has 3 rings (SSSR count). The summed E-state index contributed by atoms with van der Waals surface area (Å²) in [6, 6.07) is 3.55. The van der Waals surface area contributed by atoms with Gasteiger partial charge in [-0.05, 0) is 32.0 Å². The number of halogens is 2. The van der Waals surface area contributed by atoms with Crippen molar-refractivity contribution >= 4 is 34.1 Å². The lowest BCUT2D eigenvalue weighted by atomic mass is 10.1. The molecule has 2 heterocycles. The van der Waals surface area contributed by atoms with Crippen LogP contribution in [0.3, 0.4) is 0 Å². The molecule has 1 atom stereocenters. The van der Waals surface area contributed by atoms with Crippen LogP contribution < -0.4 is 15.8 Å². The lowest BCUT2D eigenvalue weighted by Crippen LogP contribution is -2.47. The van der Waals surface area contributed by atoms with Gasteiger partial charge in [-0.3, -0.25) is 9.59 Å². The Hall–Kier alpha value is -3.05. The number of nitrogens with two attached hydrogens (primary N) is 1. The van der Waals surface area contributed by atoms with Crippen molar-refractivity contribution < 1.29 is 32.3 Å². The lowest BCUT2D eigenvalue weighted by molar-refractivity contribution is -0.141. The normalized spacial score (nSPS) is 12.3. The van der Waals surface area contributed by atoms with Gasteiger partial charge in [-0.1, -0.05) is 0 Å². The number of alkyl halides is 2. The molecule has 0 saturated carbocycles. The van der Waals surface area contributed by atoms with Crippen molar-refractivity contribution in [3.8, 4) is 5.75 Å². The van der Waals surface area contributed by atoms with Gasteiger partial charge in [0.05, 0.1) is 22.1 Å². The largest absolute Gasteiger partial charge is 0.488 e. The van der Waals surface area contributed by atoms with Crippen molar-refractivity contribution in [2.75, 3.05) is 6.61 Å². The van der Waals surface area contributed by atoms with E-state index in [-0.39, 0.29) is 11.3 Å². The summed E-state index contributed by atoms with van der Waals surface area (Å²) in [4.78, 5) is 29.3. The van der Waals surface area contributed by atoms with Crippen LogP contribution >= 0.6 is 11.3 Å². The Morgan fingerprint density at radius 1 is 1.33 bits per heavy atom. The number of ether oxygens (including phenoxy) is 2. The molecule has 2 amide bonds. The third kappa shape index (κ3) is 5.10. The second-order valence-electron chi connectivity index (χ2n) is 6.35. The standard InChI is InChI=1S/C19H19F2N3O5S/c1-9-16(18(26)24-14(17(22)25)8-28-19(20)21)13-5-11(3-4-15(13)29-9)27-7-12-6-23-10(2)30-12/h3-6,14,19H,7-8H2,1-2H3,(H2,22,25)(H,24,26). The summed E-state index contributed by atoms with van der Waals surface area (Å²) in [7, 11) is 0. The fourth-order valence-electron chi connectivity index (χ4n) is 2.79. The molecule has 160 valence electrons. The zero-order valence-electron chi connectivity index (χ0n) is 16.1. The summed E-state index contributed by atoms with van der Waals surface area (Å²) < 4.78 is 40.0. The highest BCUT2D eigenvalue weighted by molar-refractivity contribution is 7.11. The molecule has 11 heteroatoms. The van der Waals surface area contributed by atoms with Gasteiger partial charge in [0.1, 0.15) is 29.7 Å². The molecule has 0 spiro atoms. The molecule has 0 saturated heterocycles. The van der Waals surface area contributed by atoms with Gasteiger partial charge < -0.3 is 24.9 Å². The van der Waals surface area contributed by atoms with Crippen LogP contribution in [-0.4, -0.2) is 36.1 Å². The van der Waals surface area contributed by atoms with E-state index in [4.69, 9.17) is 14.9 Å². The minimum absolute atomic E-state index is 0.146. The maximum atomic E-state index is 12.7. The number of fused-ring (bicyclic) bond motifs is 1. The van der Waals surface area contributed by atoms with Crippen molar-refractivity contribution in [3.63, 3.8) is 0 Å². The van der Waals surface area contributed by atoms with Crippen molar-refractivity contribution in [2.24, 2.45) is 5.73 Å². The maximum absolute atomic E-state index is 12.7. The van der Waals surface area contributed by atoms with E-state index >= 15 is 0 Å². The van der Waals surface area contributed by atoms with Crippen LogP contribution in [0.5, 0.6) is 5.75 Å². The third-order valence-electron chi connectivity index (χ3n) is 4.15.